The van der Waals surface area contributed by atoms with Gasteiger partial charge in [-0.2, -0.15) is 0 Å². The van der Waals surface area contributed by atoms with Gasteiger partial charge in [0.2, 0.25) is 5.91 Å². The molecule has 17 heavy (non-hydrogen) atoms. The molecule has 0 spiro atoms. The molecule has 0 aliphatic heterocycles. The Kier molecular flexibility index (Phi) is 4.78. The molecule has 0 atom stereocenters. The van der Waals surface area contributed by atoms with Crippen LogP contribution in [0.3, 0.4) is 0 Å². The molecule has 1 amide bonds. The largest absolute Gasteiger partial charge is 0.515 e. The van der Waals surface area contributed by atoms with E-state index in [1.165, 1.54) is 6.92 Å². The van der Waals surface area contributed by atoms with E-state index in [4.69, 9.17) is 16.3 Å². The summed E-state index contributed by atoms with van der Waals surface area (Å²) in [5.41, 5.74) is 1.33. The molecule has 0 aliphatic rings. The lowest BCUT2D eigenvalue weighted by molar-refractivity contribution is -0.114. The van der Waals surface area contributed by atoms with Gasteiger partial charge in [-0.15, -0.1) is 0 Å². The molecule has 1 rings (SSSR count). The van der Waals surface area contributed by atoms with E-state index in [9.17, 15) is 9.59 Å². The van der Waals surface area contributed by atoms with E-state index < -0.39 is 6.16 Å². The third-order valence-corrected chi connectivity index (χ3v) is 1.97. The maximum atomic E-state index is 11.0. The van der Waals surface area contributed by atoms with Crippen LogP contribution in [0.5, 0.6) is 5.75 Å². The first-order valence-corrected chi connectivity index (χ1v) is 5.35. The minimum absolute atomic E-state index is 0.167. The lowest BCUT2D eigenvalue weighted by Gasteiger charge is -2.08. The number of hydrogen-bond donors (Lipinski definition) is 1. The van der Waals surface area contributed by atoms with E-state index >= 15 is 0 Å². The zero-order chi connectivity index (χ0) is 12.8. The van der Waals surface area contributed by atoms with Gasteiger partial charge in [-0.3, -0.25) is 4.79 Å². The Morgan fingerprint density at radius 2 is 2.12 bits per heavy atom. The fourth-order valence-corrected chi connectivity index (χ4v) is 1.30. The van der Waals surface area contributed by atoms with E-state index in [2.05, 4.69) is 10.1 Å². The van der Waals surface area contributed by atoms with Crippen molar-refractivity contribution in [2.75, 3.05) is 11.4 Å². The van der Waals surface area contributed by atoms with Gasteiger partial charge in [0.05, 0.1) is 0 Å². The standard InChI is InChI=1S/C11H12ClNO4/c1-7-5-9(13-8(2)14)3-4-10(7)17-11(15)16-6-12/h3-5H,6H2,1-2H3,(H,13,14). The Bertz CT molecular complexity index is 433. The fourth-order valence-electron chi connectivity index (χ4n) is 1.21. The number of benzene rings is 1. The van der Waals surface area contributed by atoms with Gasteiger partial charge in [-0.05, 0) is 30.7 Å². The molecule has 0 fully saturated rings. The van der Waals surface area contributed by atoms with Gasteiger partial charge in [0, 0.05) is 12.6 Å². The van der Waals surface area contributed by atoms with Crippen molar-refractivity contribution in [2.24, 2.45) is 0 Å². The summed E-state index contributed by atoms with van der Waals surface area (Å²) in [6.07, 6.45) is -0.865. The summed E-state index contributed by atoms with van der Waals surface area (Å²) in [5, 5.41) is 2.62. The maximum Gasteiger partial charge on any atom is 0.515 e. The number of carbonyl (C=O) groups excluding carboxylic acids is 2. The first kappa shape index (κ1) is 13.3. The van der Waals surface area contributed by atoms with E-state index in [1.807, 2.05) is 0 Å². The molecule has 1 aromatic rings. The van der Waals surface area contributed by atoms with E-state index in [0.29, 0.717) is 17.0 Å². The van der Waals surface area contributed by atoms with Gasteiger partial charge in [0.25, 0.3) is 0 Å². The van der Waals surface area contributed by atoms with Crippen LogP contribution in [-0.4, -0.2) is 18.1 Å². The van der Waals surface area contributed by atoms with Crippen molar-refractivity contribution in [2.45, 2.75) is 13.8 Å². The fraction of sp³-hybridized carbons (Fsp3) is 0.273. The second-order valence-corrected chi connectivity index (χ2v) is 3.49. The summed E-state index contributed by atoms with van der Waals surface area (Å²) >= 11 is 5.21. The third-order valence-electron chi connectivity index (χ3n) is 1.86. The topological polar surface area (TPSA) is 64.6 Å². The predicted molar refractivity (Wildman–Crippen MR) is 63.3 cm³/mol. The number of anilines is 1. The number of rotatable bonds is 3. The van der Waals surface area contributed by atoms with Gasteiger partial charge in [-0.25, -0.2) is 4.79 Å². The zero-order valence-electron chi connectivity index (χ0n) is 9.45. The molecule has 0 unspecified atom stereocenters. The summed E-state index contributed by atoms with van der Waals surface area (Å²) in [6, 6.07) is 4.61. The monoisotopic (exact) mass is 257 g/mol. The lowest BCUT2D eigenvalue weighted by atomic mass is 10.2. The van der Waals surface area contributed by atoms with Crippen LogP contribution in [-0.2, 0) is 9.53 Å². The zero-order valence-corrected chi connectivity index (χ0v) is 10.2. The van der Waals surface area contributed by atoms with Crippen LogP contribution in [0.1, 0.15) is 12.5 Å². The minimum atomic E-state index is -0.865. The van der Waals surface area contributed by atoms with Crippen LogP contribution in [0.25, 0.3) is 0 Å². The molecule has 0 aliphatic carbocycles. The Hall–Kier alpha value is -1.75. The van der Waals surface area contributed by atoms with Crippen LogP contribution in [0.15, 0.2) is 18.2 Å². The van der Waals surface area contributed by atoms with Gasteiger partial charge >= 0.3 is 6.16 Å². The van der Waals surface area contributed by atoms with Crippen LogP contribution in [0.4, 0.5) is 10.5 Å². The predicted octanol–water partition coefficient (Wildman–Crippen LogP) is 2.67. The molecule has 0 radical (unpaired) electrons. The van der Waals surface area contributed by atoms with Gasteiger partial charge in [0.1, 0.15) is 5.75 Å². The van der Waals surface area contributed by atoms with Crippen molar-refractivity contribution in [3.8, 4) is 5.75 Å². The van der Waals surface area contributed by atoms with Crippen molar-refractivity contribution in [3.63, 3.8) is 0 Å². The number of alkyl halides is 1. The van der Waals surface area contributed by atoms with Crippen molar-refractivity contribution >= 4 is 29.4 Å². The van der Waals surface area contributed by atoms with Gasteiger partial charge in [-0.1, -0.05) is 11.6 Å². The molecule has 6 heteroatoms. The first-order valence-electron chi connectivity index (χ1n) is 4.81. The molecule has 92 valence electrons. The van der Waals surface area contributed by atoms with E-state index in [1.54, 1.807) is 25.1 Å². The number of hydrogen-bond acceptors (Lipinski definition) is 4. The highest BCUT2D eigenvalue weighted by atomic mass is 35.5. The Labute approximate surface area is 104 Å². The highest BCUT2D eigenvalue weighted by Crippen LogP contribution is 2.22. The number of ether oxygens (including phenoxy) is 2. The molecular formula is C11H12ClNO4. The SMILES string of the molecule is CC(=O)Nc1ccc(OC(=O)OCCl)c(C)c1. The second-order valence-electron chi connectivity index (χ2n) is 3.27. The van der Waals surface area contributed by atoms with Crippen LogP contribution in [0, 0.1) is 6.92 Å². The molecule has 0 bridgehead atoms. The Morgan fingerprint density at radius 3 is 2.65 bits per heavy atom. The summed E-state index contributed by atoms with van der Waals surface area (Å²) < 4.78 is 9.32. The smallest absolute Gasteiger partial charge is 0.418 e. The molecule has 1 aromatic carbocycles. The number of nitrogens with one attached hydrogen (secondary N) is 1. The molecule has 0 saturated carbocycles. The second kappa shape index (κ2) is 6.10. The molecule has 0 aromatic heterocycles. The van der Waals surface area contributed by atoms with Crippen LogP contribution < -0.4 is 10.1 Å². The molecule has 5 nitrogen and oxygen atoms in total. The highest BCUT2D eigenvalue weighted by Gasteiger charge is 2.08. The average molecular weight is 258 g/mol. The third kappa shape index (κ3) is 4.32. The quantitative estimate of drug-likeness (QED) is 0.514. The van der Waals surface area contributed by atoms with Crippen LogP contribution in [0.2, 0.25) is 0 Å². The maximum absolute atomic E-state index is 11.0. The molecule has 0 heterocycles. The molecular weight excluding hydrogens is 246 g/mol. The highest BCUT2D eigenvalue weighted by molar-refractivity contribution is 6.17. The lowest BCUT2D eigenvalue weighted by Crippen LogP contribution is -2.10. The Balaban J connectivity index is 2.75. The number of aryl methyl sites for hydroxylation is 1. The normalized spacial score (nSPS) is 9.59. The van der Waals surface area contributed by atoms with Crippen molar-refractivity contribution in [1.82, 2.24) is 0 Å². The Morgan fingerprint density at radius 1 is 1.41 bits per heavy atom. The van der Waals surface area contributed by atoms with E-state index in [0.717, 1.165) is 0 Å². The summed E-state index contributed by atoms with van der Waals surface area (Å²) in [5.74, 6) is 0.189. The summed E-state index contributed by atoms with van der Waals surface area (Å²) in [6.45, 7) is 3.16. The average Bonchev–Trinajstić information content (AvgIpc) is 2.21. The van der Waals surface area contributed by atoms with Crippen molar-refractivity contribution < 1.29 is 19.1 Å². The molecule has 0 saturated heterocycles. The summed E-state index contributed by atoms with van der Waals surface area (Å²) in [4.78, 5) is 21.9. The van der Waals surface area contributed by atoms with Crippen molar-refractivity contribution in [3.05, 3.63) is 23.8 Å². The number of amides is 1. The van der Waals surface area contributed by atoms with Crippen molar-refractivity contribution in [1.29, 1.82) is 0 Å². The summed E-state index contributed by atoms with van der Waals surface area (Å²) in [7, 11) is 0. The minimum Gasteiger partial charge on any atom is -0.418 e. The first-order chi connectivity index (χ1) is 8.02. The van der Waals surface area contributed by atoms with Gasteiger partial charge < -0.3 is 14.8 Å². The number of carbonyl (C=O) groups is 2. The van der Waals surface area contributed by atoms with E-state index in [-0.39, 0.29) is 12.0 Å². The van der Waals surface area contributed by atoms with Gasteiger partial charge in [0.15, 0.2) is 6.07 Å². The van der Waals surface area contributed by atoms with Crippen LogP contribution >= 0.6 is 11.6 Å². The number of halogens is 1. The molecule has 1 N–H and O–H groups in total.